The van der Waals surface area contributed by atoms with E-state index in [1.165, 1.54) is 23.9 Å². The van der Waals surface area contributed by atoms with Crippen LogP contribution in [0.5, 0.6) is 0 Å². The van der Waals surface area contributed by atoms with Gasteiger partial charge in [0.15, 0.2) is 0 Å². The molecule has 0 bridgehead atoms. The molecule has 1 fully saturated rings. The number of hydrogen-bond donors (Lipinski definition) is 1. The molecule has 1 saturated heterocycles. The second-order valence-corrected chi connectivity index (χ2v) is 5.56. The first-order valence-electron chi connectivity index (χ1n) is 6.15. The third-order valence-electron chi connectivity index (χ3n) is 3.07. The fourth-order valence-corrected chi connectivity index (χ4v) is 3.06. The molecule has 1 aromatic rings. The molecule has 106 valence electrons. The third kappa shape index (κ3) is 3.87. The topological polar surface area (TPSA) is 35.2 Å². The fraction of sp³-hybridized carbons (Fsp3) is 0.538. The van der Waals surface area contributed by atoms with E-state index in [9.17, 15) is 13.2 Å². The Labute approximate surface area is 114 Å². The summed E-state index contributed by atoms with van der Waals surface area (Å²) in [6.45, 7) is 0.649. The average molecular weight is 291 g/mol. The van der Waals surface area contributed by atoms with Crippen LogP contribution in [0.2, 0.25) is 0 Å². The lowest BCUT2D eigenvalue weighted by molar-refractivity contribution is -0.138. The number of alkyl halides is 3. The Kier molecular flexibility index (Phi) is 4.76. The number of ether oxygens (including phenoxy) is 1. The summed E-state index contributed by atoms with van der Waals surface area (Å²) in [7, 11) is 0. The molecule has 1 atom stereocenters. The average Bonchev–Trinajstić information content (AvgIpc) is 2.88. The van der Waals surface area contributed by atoms with Crippen molar-refractivity contribution in [3.8, 4) is 0 Å². The lowest BCUT2D eigenvalue weighted by atomic mass is 10.1. The van der Waals surface area contributed by atoms with Crippen LogP contribution in [0.1, 0.15) is 24.0 Å². The molecule has 19 heavy (non-hydrogen) atoms. The lowest BCUT2D eigenvalue weighted by Crippen LogP contribution is -2.12. The number of rotatable bonds is 4. The molecule has 2 rings (SSSR count). The lowest BCUT2D eigenvalue weighted by Gasteiger charge is -2.14. The van der Waals surface area contributed by atoms with E-state index in [0.29, 0.717) is 10.6 Å². The molecule has 1 aromatic carbocycles. The molecule has 6 heteroatoms. The Hall–Kier alpha value is -0.720. The zero-order valence-corrected chi connectivity index (χ0v) is 11.2. The van der Waals surface area contributed by atoms with Crippen LogP contribution in [0, 0.1) is 0 Å². The van der Waals surface area contributed by atoms with Crippen molar-refractivity contribution in [3.63, 3.8) is 0 Å². The van der Waals surface area contributed by atoms with E-state index in [1.807, 2.05) is 0 Å². The van der Waals surface area contributed by atoms with Crippen molar-refractivity contribution in [1.29, 1.82) is 0 Å². The maximum Gasteiger partial charge on any atom is 0.416 e. The highest BCUT2D eigenvalue weighted by Gasteiger charge is 2.33. The van der Waals surface area contributed by atoms with Gasteiger partial charge in [-0.3, -0.25) is 0 Å². The largest absolute Gasteiger partial charge is 0.416 e. The summed E-state index contributed by atoms with van der Waals surface area (Å²) >= 11 is 1.40. The predicted molar refractivity (Wildman–Crippen MR) is 69.0 cm³/mol. The van der Waals surface area contributed by atoms with Crippen LogP contribution in [0.25, 0.3) is 0 Å². The van der Waals surface area contributed by atoms with Gasteiger partial charge >= 0.3 is 6.18 Å². The van der Waals surface area contributed by atoms with E-state index in [2.05, 4.69) is 0 Å². The molecular formula is C13H16F3NOS. The third-order valence-corrected chi connectivity index (χ3v) is 4.19. The molecule has 1 aliphatic rings. The van der Waals surface area contributed by atoms with Gasteiger partial charge in [0, 0.05) is 23.8 Å². The molecule has 2 N–H and O–H groups in total. The van der Waals surface area contributed by atoms with Crippen LogP contribution in [-0.2, 0) is 17.5 Å². The summed E-state index contributed by atoms with van der Waals surface area (Å²) in [6.07, 6.45) is -2.17. The summed E-state index contributed by atoms with van der Waals surface area (Å²) < 4.78 is 44.1. The zero-order valence-electron chi connectivity index (χ0n) is 10.4. The highest BCUT2D eigenvalue weighted by molar-refractivity contribution is 7.99. The molecule has 0 saturated carbocycles. The van der Waals surface area contributed by atoms with Crippen molar-refractivity contribution in [2.24, 2.45) is 5.73 Å². The molecule has 0 spiro atoms. The maximum atomic E-state index is 12.9. The van der Waals surface area contributed by atoms with E-state index in [1.54, 1.807) is 6.07 Å². The molecule has 1 aliphatic heterocycles. The van der Waals surface area contributed by atoms with Crippen molar-refractivity contribution < 1.29 is 17.9 Å². The Morgan fingerprint density at radius 3 is 2.74 bits per heavy atom. The first kappa shape index (κ1) is 14.7. The van der Waals surface area contributed by atoms with Crippen LogP contribution in [0.3, 0.4) is 0 Å². The van der Waals surface area contributed by atoms with Crippen molar-refractivity contribution in [1.82, 2.24) is 0 Å². The molecule has 1 unspecified atom stereocenters. The highest BCUT2D eigenvalue weighted by Crippen LogP contribution is 2.35. The van der Waals surface area contributed by atoms with Gasteiger partial charge in [-0.05, 0) is 30.5 Å². The number of thioether (sulfide) groups is 1. The Morgan fingerprint density at radius 2 is 2.16 bits per heavy atom. The minimum atomic E-state index is -4.35. The Morgan fingerprint density at radius 1 is 1.37 bits per heavy atom. The summed E-state index contributed by atoms with van der Waals surface area (Å²) in [5, 5.41) is 0. The summed E-state index contributed by atoms with van der Waals surface area (Å²) in [5.41, 5.74) is 4.85. The standard InChI is InChI=1S/C13H16F3NOS/c14-13(15,16)12-6-11(4-3-9(12)7-17)19-8-10-2-1-5-18-10/h3-4,6,10H,1-2,5,7-8,17H2. The van der Waals surface area contributed by atoms with E-state index in [-0.39, 0.29) is 18.2 Å². The van der Waals surface area contributed by atoms with Gasteiger partial charge in [-0.15, -0.1) is 11.8 Å². The first-order chi connectivity index (χ1) is 9.00. The smallest absolute Gasteiger partial charge is 0.377 e. The maximum absolute atomic E-state index is 12.9. The molecule has 0 aromatic heterocycles. The number of benzene rings is 1. The normalized spacial score (nSPS) is 19.9. The molecule has 0 amide bonds. The van der Waals surface area contributed by atoms with Gasteiger partial charge in [0.1, 0.15) is 0 Å². The number of hydrogen-bond acceptors (Lipinski definition) is 3. The van der Waals surface area contributed by atoms with Crippen LogP contribution in [0.15, 0.2) is 23.1 Å². The van der Waals surface area contributed by atoms with Crippen molar-refractivity contribution in [3.05, 3.63) is 29.3 Å². The molecule has 2 nitrogen and oxygen atoms in total. The number of nitrogens with two attached hydrogens (primary N) is 1. The minimum Gasteiger partial charge on any atom is -0.377 e. The second-order valence-electron chi connectivity index (χ2n) is 4.47. The van der Waals surface area contributed by atoms with Gasteiger partial charge in [-0.25, -0.2) is 0 Å². The van der Waals surface area contributed by atoms with E-state index < -0.39 is 11.7 Å². The van der Waals surface area contributed by atoms with Crippen LogP contribution in [-0.4, -0.2) is 18.5 Å². The zero-order chi connectivity index (χ0) is 13.9. The summed E-state index contributed by atoms with van der Waals surface area (Å²) in [4.78, 5) is 0.611. The minimum absolute atomic E-state index is 0.106. The van der Waals surface area contributed by atoms with E-state index in [0.717, 1.165) is 19.4 Å². The highest BCUT2D eigenvalue weighted by atomic mass is 32.2. The van der Waals surface area contributed by atoms with Gasteiger partial charge in [0.05, 0.1) is 11.7 Å². The van der Waals surface area contributed by atoms with Crippen molar-refractivity contribution >= 4 is 11.8 Å². The molecule has 1 heterocycles. The van der Waals surface area contributed by atoms with E-state index >= 15 is 0 Å². The Balaban J connectivity index is 2.08. The second kappa shape index (κ2) is 6.15. The van der Waals surface area contributed by atoms with Gasteiger partial charge in [-0.1, -0.05) is 6.07 Å². The van der Waals surface area contributed by atoms with Gasteiger partial charge < -0.3 is 10.5 Å². The van der Waals surface area contributed by atoms with Crippen molar-refractivity contribution in [2.75, 3.05) is 12.4 Å². The fourth-order valence-electron chi connectivity index (χ4n) is 2.05. The molecular weight excluding hydrogens is 275 g/mol. The monoisotopic (exact) mass is 291 g/mol. The Bertz CT molecular complexity index is 430. The van der Waals surface area contributed by atoms with E-state index in [4.69, 9.17) is 10.5 Å². The first-order valence-corrected chi connectivity index (χ1v) is 7.14. The van der Waals surface area contributed by atoms with Gasteiger partial charge in [-0.2, -0.15) is 13.2 Å². The predicted octanol–water partition coefficient (Wildman–Crippen LogP) is 3.44. The quantitative estimate of drug-likeness (QED) is 0.863. The number of halogens is 3. The van der Waals surface area contributed by atoms with Crippen LogP contribution in [0.4, 0.5) is 13.2 Å². The van der Waals surface area contributed by atoms with Crippen molar-refractivity contribution in [2.45, 2.75) is 36.6 Å². The van der Waals surface area contributed by atoms with Gasteiger partial charge in [0.25, 0.3) is 0 Å². The summed E-state index contributed by atoms with van der Waals surface area (Å²) in [6, 6.07) is 4.33. The van der Waals surface area contributed by atoms with Gasteiger partial charge in [0.2, 0.25) is 0 Å². The SMILES string of the molecule is NCc1ccc(SCC2CCCO2)cc1C(F)(F)F. The molecule has 0 radical (unpaired) electrons. The van der Waals surface area contributed by atoms with Crippen LogP contribution < -0.4 is 5.73 Å². The molecule has 0 aliphatic carbocycles. The van der Waals surface area contributed by atoms with Crippen LogP contribution >= 0.6 is 11.8 Å². The summed E-state index contributed by atoms with van der Waals surface area (Å²) in [5.74, 6) is 0.694.